The molecule has 2 N–H and O–H groups in total. The quantitative estimate of drug-likeness (QED) is 0.619. The normalized spacial score (nSPS) is 33.2. The Balaban J connectivity index is 1.23. The van der Waals surface area contributed by atoms with E-state index in [1.807, 2.05) is 23.1 Å². The van der Waals surface area contributed by atoms with E-state index in [4.69, 9.17) is 0 Å². The maximum absolute atomic E-state index is 13.8. The Morgan fingerprint density at radius 1 is 0.970 bits per heavy atom. The number of hydrogen-bond acceptors (Lipinski definition) is 3. The Labute approximate surface area is 196 Å². The minimum Gasteiger partial charge on any atom is -0.481 e. The van der Waals surface area contributed by atoms with Crippen LogP contribution in [0, 0.1) is 28.6 Å². The molecule has 1 aromatic carbocycles. The van der Waals surface area contributed by atoms with Gasteiger partial charge in [0.2, 0.25) is 11.8 Å². The molecule has 0 spiro atoms. The van der Waals surface area contributed by atoms with Gasteiger partial charge in [-0.3, -0.25) is 14.4 Å². The third-order valence-corrected chi connectivity index (χ3v) is 8.90. The number of piperidine rings is 1. The van der Waals surface area contributed by atoms with Gasteiger partial charge in [-0.05, 0) is 81.6 Å². The topological polar surface area (TPSA) is 86.7 Å². The molecule has 5 fully saturated rings. The number of aryl methyl sites for hydroxylation is 1. The van der Waals surface area contributed by atoms with Gasteiger partial charge >= 0.3 is 5.97 Å². The van der Waals surface area contributed by atoms with Gasteiger partial charge < -0.3 is 15.3 Å². The predicted molar refractivity (Wildman–Crippen MR) is 124 cm³/mol. The number of carboxylic acids is 1. The summed E-state index contributed by atoms with van der Waals surface area (Å²) < 4.78 is 0. The molecule has 4 bridgehead atoms. The number of aliphatic carboxylic acids is 1. The molecule has 0 aromatic heterocycles. The van der Waals surface area contributed by atoms with Crippen molar-refractivity contribution in [1.82, 2.24) is 10.2 Å². The maximum Gasteiger partial charge on any atom is 0.306 e. The standard InChI is InChI=1S/C27H36N2O4/c30-23(31)22-8-11-29(12-9-22)25(33)27-16-20-13-21(17-27)15-26(14-20,18-27)24(32)28-10-4-7-19-5-2-1-3-6-19/h1-3,5-6,20-22H,4,7-18H2,(H,28,32)(H,30,31). The summed E-state index contributed by atoms with van der Waals surface area (Å²) in [6.45, 7) is 1.74. The van der Waals surface area contributed by atoms with Gasteiger partial charge in [-0.1, -0.05) is 30.3 Å². The number of amides is 2. The summed E-state index contributed by atoms with van der Waals surface area (Å²) in [5.74, 6) is 0.190. The van der Waals surface area contributed by atoms with Crippen molar-refractivity contribution in [2.75, 3.05) is 19.6 Å². The van der Waals surface area contributed by atoms with Crippen LogP contribution in [0.15, 0.2) is 30.3 Å². The van der Waals surface area contributed by atoms with E-state index >= 15 is 0 Å². The van der Waals surface area contributed by atoms with Crippen LogP contribution in [0.5, 0.6) is 0 Å². The third kappa shape index (κ3) is 4.29. The van der Waals surface area contributed by atoms with Crippen LogP contribution in [0.3, 0.4) is 0 Å². The van der Waals surface area contributed by atoms with Gasteiger partial charge in [0, 0.05) is 19.6 Å². The van der Waals surface area contributed by atoms with Crippen LogP contribution < -0.4 is 5.32 Å². The lowest BCUT2D eigenvalue weighted by Crippen LogP contribution is -2.62. The van der Waals surface area contributed by atoms with Gasteiger partial charge in [0.25, 0.3) is 0 Å². The van der Waals surface area contributed by atoms with Crippen molar-refractivity contribution in [3.8, 4) is 0 Å². The molecule has 1 aromatic rings. The van der Waals surface area contributed by atoms with Crippen molar-refractivity contribution in [2.45, 2.75) is 64.2 Å². The summed E-state index contributed by atoms with van der Waals surface area (Å²) in [5, 5.41) is 12.5. The summed E-state index contributed by atoms with van der Waals surface area (Å²) in [6.07, 6.45) is 8.43. The Morgan fingerprint density at radius 2 is 1.61 bits per heavy atom. The van der Waals surface area contributed by atoms with E-state index in [0.717, 1.165) is 44.9 Å². The lowest BCUT2D eigenvalue weighted by Gasteiger charge is -2.61. The number of hydrogen-bond donors (Lipinski definition) is 2. The van der Waals surface area contributed by atoms with Gasteiger partial charge in [-0.15, -0.1) is 0 Å². The predicted octanol–water partition coefficient (Wildman–Crippen LogP) is 3.65. The van der Waals surface area contributed by atoms with Gasteiger partial charge in [-0.25, -0.2) is 0 Å². The maximum atomic E-state index is 13.8. The fourth-order valence-corrected chi connectivity index (χ4v) is 7.77. The average molecular weight is 453 g/mol. The lowest BCUT2D eigenvalue weighted by atomic mass is 9.43. The number of rotatable bonds is 7. The Bertz CT molecular complexity index is 892. The molecule has 2 amide bonds. The number of nitrogens with one attached hydrogen (secondary N) is 1. The van der Waals surface area contributed by atoms with Crippen LogP contribution in [-0.2, 0) is 20.8 Å². The molecule has 33 heavy (non-hydrogen) atoms. The SMILES string of the molecule is O=C(O)C1CCN(C(=O)C23CC4CC(CC(C(=O)NCCCc5ccccc5)(C4)C2)C3)CC1. The van der Waals surface area contributed by atoms with Crippen molar-refractivity contribution in [3.05, 3.63) is 35.9 Å². The summed E-state index contributed by atoms with van der Waals surface area (Å²) in [4.78, 5) is 40.4. The largest absolute Gasteiger partial charge is 0.481 e. The van der Waals surface area contributed by atoms with Gasteiger partial charge in [-0.2, -0.15) is 0 Å². The average Bonchev–Trinajstić information content (AvgIpc) is 2.81. The van der Waals surface area contributed by atoms with Gasteiger partial charge in [0.15, 0.2) is 0 Å². The fourth-order valence-electron chi connectivity index (χ4n) is 7.77. The van der Waals surface area contributed by atoms with Gasteiger partial charge in [0.1, 0.15) is 0 Å². The van der Waals surface area contributed by atoms with Crippen molar-refractivity contribution in [2.24, 2.45) is 28.6 Å². The molecule has 5 aliphatic rings. The highest BCUT2D eigenvalue weighted by Crippen LogP contribution is 2.65. The number of carbonyl (C=O) groups is 3. The zero-order chi connectivity index (χ0) is 23.1. The Hall–Kier alpha value is -2.37. The van der Waals surface area contributed by atoms with Crippen LogP contribution >= 0.6 is 0 Å². The number of benzene rings is 1. The van der Waals surface area contributed by atoms with Gasteiger partial charge in [0.05, 0.1) is 16.7 Å². The highest BCUT2D eigenvalue weighted by Gasteiger charge is 2.63. The molecule has 0 radical (unpaired) electrons. The molecule has 1 heterocycles. The zero-order valence-electron chi connectivity index (χ0n) is 19.4. The van der Waals surface area contributed by atoms with E-state index in [2.05, 4.69) is 17.4 Å². The van der Waals surface area contributed by atoms with Crippen LogP contribution in [-0.4, -0.2) is 47.4 Å². The number of carboxylic acid groups (broad SMARTS) is 1. The van der Waals surface area contributed by atoms with Crippen molar-refractivity contribution >= 4 is 17.8 Å². The molecular weight excluding hydrogens is 416 g/mol. The third-order valence-electron chi connectivity index (χ3n) is 8.90. The highest BCUT2D eigenvalue weighted by molar-refractivity contribution is 5.88. The second kappa shape index (κ2) is 8.77. The summed E-state index contributed by atoms with van der Waals surface area (Å²) in [7, 11) is 0. The number of carbonyl (C=O) groups excluding carboxylic acids is 2. The molecule has 2 unspecified atom stereocenters. The van der Waals surface area contributed by atoms with E-state index in [1.54, 1.807) is 0 Å². The first-order valence-electron chi connectivity index (χ1n) is 12.7. The summed E-state index contributed by atoms with van der Waals surface area (Å²) >= 11 is 0. The first-order valence-corrected chi connectivity index (χ1v) is 12.7. The number of likely N-dealkylation sites (tertiary alicyclic amines) is 1. The molecule has 4 aliphatic carbocycles. The Morgan fingerprint density at radius 3 is 2.24 bits per heavy atom. The van der Waals surface area contributed by atoms with E-state index in [0.29, 0.717) is 50.7 Å². The molecule has 6 nitrogen and oxygen atoms in total. The molecular formula is C27H36N2O4. The van der Waals surface area contributed by atoms with E-state index < -0.39 is 16.8 Å². The molecule has 6 rings (SSSR count). The first-order chi connectivity index (χ1) is 15.9. The first kappa shape index (κ1) is 22.4. The van der Waals surface area contributed by atoms with Crippen LogP contribution in [0.4, 0.5) is 0 Å². The van der Waals surface area contributed by atoms with Crippen molar-refractivity contribution < 1.29 is 19.5 Å². The van der Waals surface area contributed by atoms with Crippen LogP contribution in [0.25, 0.3) is 0 Å². The van der Waals surface area contributed by atoms with Crippen molar-refractivity contribution in [3.63, 3.8) is 0 Å². The molecule has 2 atom stereocenters. The second-order valence-electron chi connectivity index (χ2n) is 11.3. The lowest BCUT2D eigenvalue weighted by molar-refractivity contribution is -0.175. The molecule has 1 saturated heterocycles. The van der Waals surface area contributed by atoms with E-state index in [9.17, 15) is 19.5 Å². The zero-order valence-corrected chi connectivity index (χ0v) is 19.4. The van der Waals surface area contributed by atoms with Crippen LogP contribution in [0.1, 0.15) is 63.4 Å². The Kier molecular flexibility index (Phi) is 5.96. The molecule has 1 aliphatic heterocycles. The second-order valence-corrected chi connectivity index (χ2v) is 11.3. The van der Waals surface area contributed by atoms with E-state index in [-0.39, 0.29) is 17.7 Å². The summed E-state index contributed by atoms with van der Waals surface area (Å²) in [6, 6.07) is 10.4. The monoisotopic (exact) mass is 452 g/mol. The van der Waals surface area contributed by atoms with Crippen LogP contribution in [0.2, 0.25) is 0 Å². The fraction of sp³-hybridized carbons (Fsp3) is 0.667. The molecule has 4 saturated carbocycles. The number of nitrogens with zero attached hydrogens (tertiary/aromatic N) is 1. The van der Waals surface area contributed by atoms with E-state index in [1.165, 1.54) is 5.56 Å². The highest BCUT2D eigenvalue weighted by atomic mass is 16.4. The minimum atomic E-state index is -0.750. The summed E-state index contributed by atoms with van der Waals surface area (Å²) in [5.41, 5.74) is 0.477. The molecule has 178 valence electrons. The smallest absolute Gasteiger partial charge is 0.306 e. The molecule has 6 heteroatoms. The minimum absolute atomic E-state index is 0.159. The van der Waals surface area contributed by atoms with Crippen molar-refractivity contribution in [1.29, 1.82) is 0 Å².